The van der Waals surface area contributed by atoms with E-state index >= 15 is 0 Å². The van der Waals surface area contributed by atoms with Crippen molar-refractivity contribution in [3.63, 3.8) is 0 Å². The largest absolute Gasteiger partial charge is 0.462 e. The number of rotatable bonds is 17. The standard InChI is InChI=1S/C38H47NO4/c1-28(2)37(40)42-25-11-7-9-13-32-16-21-34(22-17-32)39(36-20-15-30(5)31(6)27-36)35-23-18-33(19-24-35)14-10-8-12-26-43-38(41)29(3)4/h15-24,27H,1,3,7-14,25-26H2,2,4-6H3. The van der Waals surface area contributed by atoms with Crippen molar-refractivity contribution in [2.45, 2.75) is 79.1 Å². The first-order valence-electron chi connectivity index (χ1n) is 15.4. The average molecular weight is 582 g/mol. The molecule has 3 aromatic rings. The summed E-state index contributed by atoms with van der Waals surface area (Å²) in [4.78, 5) is 25.3. The van der Waals surface area contributed by atoms with Crippen molar-refractivity contribution in [3.8, 4) is 0 Å². The molecule has 0 radical (unpaired) electrons. The zero-order valence-corrected chi connectivity index (χ0v) is 26.4. The van der Waals surface area contributed by atoms with E-state index in [1.54, 1.807) is 13.8 Å². The van der Waals surface area contributed by atoms with Crippen molar-refractivity contribution < 1.29 is 19.1 Å². The molecule has 0 saturated carbocycles. The van der Waals surface area contributed by atoms with Gasteiger partial charge in [-0.3, -0.25) is 0 Å². The van der Waals surface area contributed by atoms with E-state index in [1.807, 2.05) is 0 Å². The molecule has 0 amide bonds. The molecule has 0 aliphatic heterocycles. The normalized spacial score (nSPS) is 10.7. The zero-order chi connectivity index (χ0) is 31.2. The first kappa shape index (κ1) is 33.4. The smallest absolute Gasteiger partial charge is 0.333 e. The Morgan fingerprint density at radius 1 is 0.581 bits per heavy atom. The zero-order valence-electron chi connectivity index (χ0n) is 26.4. The number of aryl methyl sites for hydroxylation is 4. The summed E-state index contributed by atoms with van der Waals surface area (Å²) in [5.41, 5.74) is 9.40. The van der Waals surface area contributed by atoms with Crippen molar-refractivity contribution in [3.05, 3.63) is 113 Å². The van der Waals surface area contributed by atoms with Gasteiger partial charge in [0.05, 0.1) is 13.2 Å². The number of carbonyl (C=O) groups is 2. The van der Waals surface area contributed by atoms with E-state index in [1.165, 1.54) is 22.3 Å². The summed E-state index contributed by atoms with van der Waals surface area (Å²) in [6.07, 6.45) is 7.81. The molecule has 0 fully saturated rings. The Hall–Kier alpha value is -4.12. The molecule has 0 N–H and O–H groups in total. The summed E-state index contributed by atoms with van der Waals surface area (Å²) in [6, 6.07) is 24.3. The van der Waals surface area contributed by atoms with E-state index in [0.29, 0.717) is 24.4 Å². The molecule has 3 aromatic carbocycles. The van der Waals surface area contributed by atoms with Gasteiger partial charge in [0.1, 0.15) is 0 Å². The van der Waals surface area contributed by atoms with E-state index in [2.05, 4.69) is 98.6 Å². The molecule has 5 heteroatoms. The Morgan fingerprint density at radius 2 is 1.00 bits per heavy atom. The van der Waals surface area contributed by atoms with Gasteiger partial charge < -0.3 is 14.4 Å². The maximum absolute atomic E-state index is 11.5. The van der Waals surface area contributed by atoms with Gasteiger partial charge >= 0.3 is 11.9 Å². The molecule has 5 nitrogen and oxygen atoms in total. The number of ether oxygens (including phenoxy) is 2. The van der Waals surface area contributed by atoms with Gasteiger partial charge in [0.15, 0.2) is 0 Å². The summed E-state index contributed by atoms with van der Waals surface area (Å²) < 4.78 is 10.4. The number of unbranched alkanes of at least 4 members (excludes halogenated alkanes) is 4. The van der Waals surface area contributed by atoms with E-state index in [0.717, 1.165) is 68.4 Å². The van der Waals surface area contributed by atoms with Crippen molar-refractivity contribution >= 4 is 29.0 Å². The highest BCUT2D eigenvalue weighted by Gasteiger charge is 2.14. The highest BCUT2D eigenvalue weighted by atomic mass is 16.5. The van der Waals surface area contributed by atoms with Crippen LogP contribution in [0.25, 0.3) is 0 Å². The monoisotopic (exact) mass is 581 g/mol. The van der Waals surface area contributed by atoms with Gasteiger partial charge in [-0.25, -0.2) is 9.59 Å². The molecule has 0 saturated heterocycles. The summed E-state index contributed by atoms with van der Waals surface area (Å²) in [6.45, 7) is 15.8. The fraction of sp³-hybridized carbons (Fsp3) is 0.368. The summed E-state index contributed by atoms with van der Waals surface area (Å²) in [5.74, 6) is -0.622. The maximum atomic E-state index is 11.5. The predicted molar refractivity (Wildman–Crippen MR) is 177 cm³/mol. The van der Waals surface area contributed by atoms with E-state index in [9.17, 15) is 9.59 Å². The van der Waals surface area contributed by atoms with Crippen molar-refractivity contribution in [1.82, 2.24) is 0 Å². The number of esters is 2. The lowest BCUT2D eigenvalue weighted by molar-refractivity contribution is -0.139. The molecule has 0 aliphatic carbocycles. The quantitative estimate of drug-likeness (QED) is 0.0903. The lowest BCUT2D eigenvalue weighted by Crippen LogP contribution is -2.10. The third kappa shape index (κ3) is 10.9. The van der Waals surface area contributed by atoms with Gasteiger partial charge in [-0.2, -0.15) is 0 Å². The number of benzene rings is 3. The predicted octanol–water partition coefficient (Wildman–Crippen LogP) is 9.44. The second-order valence-corrected chi connectivity index (χ2v) is 11.4. The highest BCUT2D eigenvalue weighted by Crippen LogP contribution is 2.35. The molecule has 0 bridgehead atoms. The van der Waals surface area contributed by atoms with Gasteiger partial charge in [-0.15, -0.1) is 0 Å². The molecule has 228 valence electrons. The third-order valence-corrected chi connectivity index (χ3v) is 7.52. The maximum Gasteiger partial charge on any atom is 0.333 e. The molecule has 0 atom stereocenters. The van der Waals surface area contributed by atoms with Crippen LogP contribution < -0.4 is 4.90 Å². The number of nitrogens with zero attached hydrogens (tertiary/aromatic N) is 1. The Labute approximate surface area is 258 Å². The molecular weight excluding hydrogens is 534 g/mol. The Kier molecular flexibility index (Phi) is 13.3. The van der Waals surface area contributed by atoms with Crippen LogP contribution in [0.5, 0.6) is 0 Å². The SMILES string of the molecule is C=C(C)C(=O)OCCCCCc1ccc(N(c2ccc(CCCCCOC(=O)C(=C)C)cc2)c2ccc(C)c(C)c2)cc1. The number of hydrogen-bond donors (Lipinski definition) is 0. The van der Waals surface area contributed by atoms with Crippen LogP contribution in [0.4, 0.5) is 17.1 Å². The molecule has 43 heavy (non-hydrogen) atoms. The van der Waals surface area contributed by atoms with Crippen molar-refractivity contribution in [2.75, 3.05) is 18.1 Å². The van der Waals surface area contributed by atoms with Crippen LogP contribution in [0.15, 0.2) is 91.0 Å². The van der Waals surface area contributed by atoms with Gasteiger partial charge in [0, 0.05) is 28.2 Å². The molecule has 3 rings (SSSR count). The van der Waals surface area contributed by atoms with Gasteiger partial charge in [0.2, 0.25) is 0 Å². The Bertz CT molecular complexity index is 1290. The van der Waals surface area contributed by atoms with Crippen LogP contribution in [0.2, 0.25) is 0 Å². The Balaban J connectivity index is 1.61. The minimum atomic E-state index is -0.311. The fourth-order valence-electron chi connectivity index (χ4n) is 4.73. The number of hydrogen-bond acceptors (Lipinski definition) is 5. The number of anilines is 3. The minimum absolute atomic E-state index is 0.311. The van der Waals surface area contributed by atoms with Gasteiger partial charge in [-0.05, 0) is 138 Å². The molecule has 0 aliphatic rings. The first-order chi connectivity index (χ1) is 20.7. The third-order valence-electron chi connectivity index (χ3n) is 7.52. The Morgan fingerprint density at radius 3 is 1.40 bits per heavy atom. The molecule has 0 aromatic heterocycles. The highest BCUT2D eigenvalue weighted by molar-refractivity contribution is 5.87. The van der Waals surface area contributed by atoms with E-state index in [4.69, 9.17) is 9.47 Å². The van der Waals surface area contributed by atoms with Crippen LogP contribution in [0.1, 0.15) is 74.6 Å². The number of carbonyl (C=O) groups excluding carboxylic acids is 2. The summed E-state index contributed by atoms with van der Waals surface area (Å²) >= 11 is 0. The van der Waals surface area contributed by atoms with Crippen molar-refractivity contribution in [2.24, 2.45) is 0 Å². The molecular formula is C38H47NO4. The summed E-state index contributed by atoms with van der Waals surface area (Å²) in [5, 5.41) is 0. The first-order valence-corrected chi connectivity index (χ1v) is 15.4. The van der Waals surface area contributed by atoms with Crippen LogP contribution >= 0.6 is 0 Å². The molecule has 0 spiro atoms. The summed E-state index contributed by atoms with van der Waals surface area (Å²) in [7, 11) is 0. The topological polar surface area (TPSA) is 55.8 Å². The lowest BCUT2D eigenvalue weighted by atomic mass is 10.0. The second kappa shape index (κ2) is 17.1. The van der Waals surface area contributed by atoms with Crippen LogP contribution in [0, 0.1) is 13.8 Å². The van der Waals surface area contributed by atoms with Crippen LogP contribution in [-0.4, -0.2) is 25.2 Å². The van der Waals surface area contributed by atoms with Crippen LogP contribution in [0.3, 0.4) is 0 Å². The van der Waals surface area contributed by atoms with Crippen molar-refractivity contribution in [1.29, 1.82) is 0 Å². The fourth-order valence-corrected chi connectivity index (χ4v) is 4.73. The van der Waals surface area contributed by atoms with E-state index < -0.39 is 0 Å². The molecule has 0 heterocycles. The second-order valence-electron chi connectivity index (χ2n) is 11.4. The molecule has 0 unspecified atom stereocenters. The average Bonchev–Trinajstić information content (AvgIpc) is 2.99. The van der Waals surface area contributed by atoms with Crippen LogP contribution in [-0.2, 0) is 31.9 Å². The van der Waals surface area contributed by atoms with E-state index in [-0.39, 0.29) is 11.9 Å². The minimum Gasteiger partial charge on any atom is -0.462 e. The van der Waals surface area contributed by atoms with Gasteiger partial charge in [-0.1, -0.05) is 43.5 Å². The lowest BCUT2D eigenvalue weighted by Gasteiger charge is -2.26. The van der Waals surface area contributed by atoms with Gasteiger partial charge in [0.25, 0.3) is 0 Å².